The molecule has 2 aromatic heterocycles. The number of fused-ring (bicyclic) bond motifs is 1. The number of pyridine rings is 1. The average Bonchev–Trinajstić information content (AvgIpc) is 2.69. The second kappa shape index (κ2) is 7.26. The molecule has 4 aromatic rings. The van der Waals surface area contributed by atoms with Gasteiger partial charge in [0.2, 0.25) is 0 Å². The zero-order chi connectivity index (χ0) is 19.8. The molecule has 0 aliphatic heterocycles. The molecule has 7 heteroatoms. The number of rotatable bonds is 3. The van der Waals surface area contributed by atoms with Crippen LogP contribution in [0.2, 0.25) is 10.0 Å². The first kappa shape index (κ1) is 18.5. The molecule has 0 amide bonds. The van der Waals surface area contributed by atoms with Gasteiger partial charge in [-0.15, -0.1) is 0 Å². The highest BCUT2D eigenvalue weighted by atomic mass is 35.5. The van der Waals surface area contributed by atoms with Crippen molar-refractivity contribution in [2.24, 2.45) is 0 Å². The minimum atomic E-state index is -0.234. The molecule has 0 saturated heterocycles. The van der Waals surface area contributed by atoms with Gasteiger partial charge < -0.3 is 5.73 Å². The number of nitrogens with two attached hydrogens (primary N) is 1. The lowest BCUT2D eigenvalue weighted by Crippen LogP contribution is -2.23. The van der Waals surface area contributed by atoms with Gasteiger partial charge in [-0.05, 0) is 25.1 Å². The third-order valence-electron chi connectivity index (χ3n) is 4.56. The average molecular weight is 411 g/mol. The van der Waals surface area contributed by atoms with Crippen molar-refractivity contribution >= 4 is 40.1 Å². The fraction of sp³-hybridized carbons (Fsp3) is 0.0952. The molecule has 0 aliphatic carbocycles. The summed E-state index contributed by atoms with van der Waals surface area (Å²) < 4.78 is 1.56. The van der Waals surface area contributed by atoms with Crippen LogP contribution in [-0.4, -0.2) is 14.5 Å². The van der Waals surface area contributed by atoms with E-state index in [1.165, 1.54) is 0 Å². The minimum Gasteiger partial charge on any atom is -0.383 e. The van der Waals surface area contributed by atoms with Gasteiger partial charge in [0.05, 0.1) is 21.0 Å². The van der Waals surface area contributed by atoms with Crippen molar-refractivity contribution in [1.82, 2.24) is 14.5 Å². The van der Waals surface area contributed by atoms with Crippen LogP contribution >= 0.6 is 23.2 Å². The molecule has 0 unspecified atom stereocenters. The first-order valence-electron chi connectivity index (χ1n) is 8.72. The summed E-state index contributed by atoms with van der Waals surface area (Å²) in [6, 6.07) is 16.3. The maximum atomic E-state index is 13.2. The fourth-order valence-electron chi connectivity index (χ4n) is 3.21. The molecule has 2 N–H and O–H groups in total. The highest BCUT2D eigenvalue weighted by Gasteiger charge is 2.19. The minimum absolute atomic E-state index is 0.234. The Morgan fingerprint density at radius 1 is 1.00 bits per heavy atom. The van der Waals surface area contributed by atoms with E-state index in [0.29, 0.717) is 44.6 Å². The van der Waals surface area contributed by atoms with Crippen LogP contribution in [0.1, 0.15) is 6.92 Å². The van der Waals surface area contributed by atoms with E-state index in [2.05, 4.69) is 9.97 Å². The zero-order valence-corrected chi connectivity index (χ0v) is 16.5. The van der Waals surface area contributed by atoms with E-state index < -0.39 is 0 Å². The predicted molar refractivity (Wildman–Crippen MR) is 115 cm³/mol. The molecule has 0 radical (unpaired) electrons. The number of benzene rings is 2. The van der Waals surface area contributed by atoms with Crippen LogP contribution in [-0.2, 0) is 6.54 Å². The van der Waals surface area contributed by atoms with Gasteiger partial charge in [-0.3, -0.25) is 9.36 Å². The van der Waals surface area contributed by atoms with Gasteiger partial charge in [0.1, 0.15) is 11.5 Å². The second-order valence-corrected chi connectivity index (χ2v) is 7.05. The Balaban J connectivity index is 2.07. The van der Waals surface area contributed by atoms with E-state index >= 15 is 0 Å². The lowest BCUT2D eigenvalue weighted by atomic mass is 10.1. The summed E-state index contributed by atoms with van der Waals surface area (Å²) in [7, 11) is 0. The summed E-state index contributed by atoms with van der Waals surface area (Å²) in [5.74, 6) is 0.756. The van der Waals surface area contributed by atoms with Crippen LogP contribution in [0.4, 0.5) is 5.82 Å². The van der Waals surface area contributed by atoms with Crippen LogP contribution in [0.25, 0.3) is 33.5 Å². The normalized spacial score (nSPS) is 11.1. The van der Waals surface area contributed by atoms with Crippen LogP contribution < -0.4 is 11.3 Å². The van der Waals surface area contributed by atoms with Crippen molar-refractivity contribution in [2.75, 3.05) is 5.73 Å². The quantitative estimate of drug-likeness (QED) is 0.513. The number of hydrogen-bond acceptors (Lipinski definition) is 4. The first-order chi connectivity index (χ1) is 13.5. The number of aromatic nitrogens is 3. The zero-order valence-electron chi connectivity index (χ0n) is 15.0. The van der Waals surface area contributed by atoms with Gasteiger partial charge in [0, 0.05) is 17.7 Å². The smallest absolute Gasteiger partial charge is 0.260 e. The summed E-state index contributed by atoms with van der Waals surface area (Å²) in [4.78, 5) is 22.3. The summed E-state index contributed by atoms with van der Waals surface area (Å²) >= 11 is 12.7. The maximum Gasteiger partial charge on any atom is 0.260 e. The molecule has 0 fully saturated rings. The third-order valence-corrected chi connectivity index (χ3v) is 5.19. The molecule has 140 valence electrons. The Bertz CT molecular complexity index is 1230. The van der Waals surface area contributed by atoms with Gasteiger partial charge >= 0.3 is 0 Å². The number of anilines is 1. The van der Waals surface area contributed by atoms with Crippen molar-refractivity contribution in [3.63, 3.8) is 0 Å². The van der Waals surface area contributed by atoms with Crippen LogP contribution in [0.3, 0.4) is 0 Å². The van der Waals surface area contributed by atoms with E-state index in [-0.39, 0.29) is 11.4 Å². The predicted octanol–water partition coefficient (Wildman–Crippen LogP) is 5.03. The van der Waals surface area contributed by atoms with E-state index in [9.17, 15) is 4.79 Å². The molecule has 0 aliphatic rings. The van der Waals surface area contributed by atoms with Crippen molar-refractivity contribution in [3.8, 4) is 22.5 Å². The molecule has 0 atom stereocenters. The Kier molecular flexibility index (Phi) is 4.79. The van der Waals surface area contributed by atoms with Gasteiger partial charge in [0.25, 0.3) is 5.56 Å². The maximum absolute atomic E-state index is 13.2. The van der Waals surface area contributed by atoms with Crippen molar-refractivity contribution < 1.29 is 0 Å². The standard InChI is InChI=1S/C21H16Cl2N4O/c1-2-27-20-14(18(24)25-19(26-20)12-7-4-3-5-8-12)11-13(21(27)28)17-15(22)9-6-10-16(17)23/h3-11H,2H2,1H3,(H2,24,25,26). The topological polar surface area (TPSA) is 73.8 Å². The molecular weight excluding hydrogens is 395 g/mol. The van der Waals surface area contributed by atoms with Crippen LogP contribution in [0.5, 0.6) is 0 Å². The summed E-state index contributed by atoms with van der Waals surface area (Å²) in [5.41, 5.74) is 8.17. The monoisotopic (exact) mass is 410 g/mol. The number of nitrogen functional groups attached to an aromatic ring is 1. The summed E-state index contributed by atoms with van der Waals surface area (Å²) in [6.45, 7) is 2.29. The first-order valence-corrected chi connectivity index (χ1v) is 9.47. The molecule has 0 spiro atoms. The molecule has 4 rings (SSSR count). The van der Waals surface area contributed by atoms with Crippen molar-refractivity contribution in [3.05, 3.63) is 75.0 Å². The van der Waals surface area contributed by atoms with Gasteiger partial charge in [0.15, 0.2) is 5.82 Å². The molecule has 28 heavy (non-hydrogen) atoms. The Hall–Kier alpha value is -2.89. The molecule has 5 nitrogen and oxygen atoms in total. The van der Waals surface area contributed by atoms with Crippen LogP contribution in [0.15, 0.2) is 59.4 Å². The number of halogens is 2. The molecule has 2 aromatic carbocycles. The van der Waals surface area contributed by atoms with Crippen LogP contribution in [0, 0.1) is 0 Å². The van der Waals surface area contributed by atoms with E-state index in [0.717, 1.165) is 5.56 Å². The van der Waals surface area contributed by atoms with E-state index in [1.54, 1.807) is 28.8 Å². The molecular formula is C21H16Cl2N4O. The fourth-order valence-corrected chi connectivity index (χ4v) is 3.81. The highest BCUT2D eigenvalue weighted by Crippen LogP contribution is 2.34. The van der Waals surface area contributed by atoms with Gasteiger partial charge in [-0.1, -0.05) is 59.6 Å². The molecule has 2 heterocycles. The van der Waals surface area contributed by atoms with E-state index in [1.807, 2.05) is 37.3 Å². The lowest BCUT2D eigenvalue weighted by Gasteiger charge is -2.14. The highest BCUT2D eigenvalue weighted by molar-refractivity contribution is 6.39. The molecule has 0 saturated carbocycles. The SMILES string of the molecule is CCn1c(=O)c(-c2c(Cl)cccc2Cl)cc2c(N)nc(-c3ccccc3)nc21. The Morgan fingerprint density at radius 2 is 1.68 bits per heavy atom. The second-order valence-electron chi connectivity index (χ2n) is 6.24. The Labute approximate surface area is 171 Å². The lowest BCUT2D eigenvalue weighted by molar-refractivity contribution is 0.751. The largest absolute Gasteiger partial charge is 0.383 e. The third kappa shape index (κ3) is 3.03. The molecule has 0 bridgehead atoms. The summed E-state index contributed by atoms with van der Waals surface area (Å²) in [6.07, 6.45) is 0. The van der Waals surface area contributed by atoms with Gasteiger partial charge in [-0.2, -0.15) is 0 Å². The number of aryl methyl sites for hydroxylation is 1. The number of nitrogens with zero attached hydrogens (tertiary/aromatic N) is 3. The van der Waals surface area contributed by atoms with Gasteiger partial charge in [-0.25, -0.2) is 9.97 Å². The van der Waals surface area contributed by atoms with E-state index in [4.69, 9.17) is 28.9 Å². The number of hydrogen-bond donors (Lipinski definition) is 1. The van der Waals surface area contributed by atoms with Crippen molar-refractivity contribution in [1.29, 1.82) is 0 Å². The van der Waals surface area contributed by atoms with Crippen molar-refractivity contribution in [2.45, 2.75) is 13.5 Å². The Morgan fingerprint density at radius 3 is 2.32 bits per heavy atom. The summed E-state index contributed by atoms with van der Waals surface area (Å²) in [5, 5.41) is 1.37.